The molecule has 1 atom stereocenters. The number of aromatic amines is 1. The Morgan fingerprint density at radius 1 is 1.35 bits per heavy atom. The number of rotatable bonds is 2. The molecule has 0 spiro atoms. The van der Waals surface area contributed by atoms with E-state index in [-0.39, 0.29) is 6.04 Å². The van der Waals surface area contributed by atoms with Gasteiger partial charge < -0.3 is 10.6 Å². The highest BCUT2D eigenvalue weighted by molar-refractivity contribution is 5.75. The SMILES string of the molecule is NC1CCN(c2n[nH]c(-c3cnn4ccccc34)n2)C1. The van der Waals surface area contributed by atoms with Gasteiger partial charge in [-0.2, -0.15) is 10.1 Å². The van der Waals surface area contributed by atoms with Crippen molar-refractivity contribution in [1.82, 2.24) is 24.8 Å². The van der Waals surface area contributed by atoms with Gasteiger partial charge in [0, 0.05) is 25.3 Å². The zero-order valence-corrected chi connectivity index (χ0v) is 10.9. The molecule has 3 aromatic rings. The predicted molar refractivity (Wildman–Crippen MR) is 75.4 cm³/mol. The van der Waals surface area contributed by atoms with Crippen molar-refractivity contribution in [3.05, 3.63) is 30.6 Å². The normalized spacial score (nSPS) is 19.1. The Morgan fingerprint density at radius 2 is 2.30 bits per heavy atom. The summed E-state index contributed by atoms with van der Waals surface area (Å²) in [5, 5.41) is 11.6. The lowest BCUT2D eigenvalue weighted by molar-refractivity contribution is 0.750. The third kappa shape index (κ3) is 1.75. The molecule has 1 aliphatic rings. The molecule has 0 aromatic carbocycles. The molecular weight excluding hydrogens is 254 g/mol. The molecule has 7 nitrogen and oxygen atoms in total. The molecule has 0 amide bonds. The van der Waals surface area contributed by atoms with Crippen LogP contribution in [0.1, 0.15) is 6.42 Å². The number of H-pyrrole nitrogens is 1. The second-order valence-electron chi connectivity index (χ2n) is 5.07. The van der Waals surface area contributed by atoms with Crippen LogP contribution in [0.4, 0.5) is 5.95 Å². The van der Waals surface area contributed by atoms with Gasteiger partial charge in [-0.1, -0.05) is 6.07 Å². The Labute approximate surface area is 115 Å². The fraction of sp³-hybridized carbons (Fsp3) is 0.308. The molecule has 3 aromatic heterocycles. The van der Waals surface area contributed by atoms with E-state index >= 15 is 0 Å². The molecule has 0 bridgehead atoms. The summed E-state index contributed by atoms with van der Waals surface area (Å²) >= 11 is 0. The molecule has 4 rings (SSSR count). The number of anilines is 1. The zero-order valence-electron chi connectivity index (χ0n) is 10.9. The minimum atomic E-state index is 0.217. The highest BCUT2D eigenvalue weighted by Crippen LogP contribution is 2.23. The molecule has 4 heterocycles. The van der Waals surface area contributed by atoms with Crippen molar-refractivity contribution in [2.45, 2.75) is 12.5 Å². The van der Waals surface area contributed by atoms with Gasteiger partial charge in [-0.15, -0.1) is 5.10 Å². The monoisotopic (exact) mass is 269 g/mol. The summed E-state index contributed by atoms with van der Waals surface area (Å²) in [6.45, 7) is 1.72. The maximum Gasteiger partial charge on any atom is 0.245 e. The molecule has 1 unspecified atom stereocenters. The second-order valence-corrected chi connectivity index (χ2v) is 5.07. The number of aromatic nitrogens is 5. The number of pyridine rings is 1. The first-order chi connectivity index (χ1) is 9.81. The molecule has 1 aliphatic heterocycles. The van der Waals surface area contributed by atoms with Gasteiger partial charge in [-0.3, -0.25) is 5.10 Å². The molecular formula is C13H15N7. The standard InChI is InChI=1S/C13H15N7/c14-9-4-6-19(8-9)13-16-12(17-18-13)10-7-15-20-5-2-1-3-11(10)20/h1-3,5,7,9H,4,6,8,14H2,(H,16,17,18). The first-order valence-corrected chi connectivity index (χ1v) is 6.67. The van der Waals surface area contributed by atoms with E-state index in [1.54, 1.807) is 6.20 Å². The number of hydrogen-bond donors (Lipinski definition) is 2. The van der Waals surface area contributed by atoms with Crippen molar-refractivity contribution in [2.24, 2.45) is 5.73 Å². The number of nitrogens with one attached hydrogen (secondary N) is 1. The van der Waals surface area contributed by atoms with E-state index in [4.69, 9.17) is 5.73 Å². The molecule has 0 radical (unpaired) electrons. The molecule has 3 N–H and O–H groups in total. The van der Waals surface area contributed by atoms with Crippen molar-refractivity contribution >= 4 is 11.5 Å². The van der Waals surface area contributed by atoms with Gasteiger partial charge in [0.25, 0.3) is 0 Å². The lowest BCUT2D eigenvalue weighted by atomic mass is 10.2. The van der Waals surface area contributed by atoms with Crippen molar-refractivity contribution < 1.29 is 0 Å². The Hall–Kier alpha value is -2.41. The van der Waals surface area contributed by atoms with E-state index in [0.29, 0.717) is 5.95 Å². The number of nitrogens with zero attached hydrogens (tertiary/aromatic N) is 5. The molecule has 1 saturated heterocycles. The van der Waals surface area contributed by atoms with Crippen LogP contribution in [0.15, 0.2) is 30.6 Å². The summed E-state index contributed by atoms with van der Waals surface area (Å²) in [6, 6.07) is 6.16. The summed E-state index contributed by atoms with van der Waals surface area (Å²) in [6.07, 6.45) is 4.70. The Morgan fingerprint density at radius 3 is 3.15 bits per heavy atom. The Kier molecular flexibility index (Phi) is 2.46. The minimum Gasteiger partial charge on any atom is -0.338 e. The lowest BCUT2D eigenvalue weighted by Gasteiger charge is -2.11. The van der Waals surface area contributed by atoms with Crippen molar-refractivity contribution in [2.75, 3.05) is 18.0 Å². The first-order valence-electron chi connectivity index (χ1n) is 6.67. The molecule has 102 valence electrons. The fourth-order valence-corrected chi connectivity index (χ4v) is 2.60. The van der Waals surface area contributed by atoms with E-state index in [0.717, 1.165) is 36.4 Å². The van der Waals surface area contributed by atoms with Crippen molar-refractivity contribution in [3.8, 4) is 11.4 Å². The van der Waals surface area contributed by atoms with E-state index in [2.05, 4.69) is 25.2 Å². The van der Waals surface area contributed by atoms with E-state index < -0.39 is 0 Å². The van der Waals surface area contributed by atoms with E-state index in [1.807, 2.05) is 28.9 Å². The van der Waals surface area contributed by atoms with Crippen molar-refractivity contribution in [3.63, 3.8) is 0 Å². The largest absolute Gasteiger partial charge is 0.338 e. The third-order valence-corrected chi connectivity index (χ3v) is 3.66. The van der Waals surface area contributed by atoms with Gasteiger partial charge in [0.2, 0.25) is 5.95 Å². The van der Waals surface area contributed by atoms with Crippen molar-refractivity contribution in [1.29, 1.82) is 0 Å². The maximum atomic E-state index is 5.92. The third-order valence-electron chi connectivity index (χ3n) is 3.66. The van der Waals surface area contributed by atoms with Gasteiger partial charge in [0.1, 0.15) is 0 Å². The molecule has 0 saturated carbocycles. The Balaban J connectivity index is 1.71. The van der Waals surface area contributed by atoms with Crippen LogP contribution in [0.5, 0.6) is 0 Å². The van der Waals surface area contributed by atoms with Gasteiger partial charge >= 0.3 is 0 Å². The van der Waals surface area contributed by atoms with Gasteiger partial charge in [0.05, 0.1) is 17.3 Å². The summed E-state index contributed by atoms with van der Waals surface area (Å²) in [5.74, 6) is 1.45. The zero-order chi connectivity index (χ0) is 13.5. The lowest BCUT2D eigenvalue weighted by Crippen LogP contribution is -2.26. The summed E-state index contributed by atoms with van der Waals surface area (Å²) in [5.41, 5.74) is 7.88. The molecule has 20 heavy (non-hydrogen) atoms. The highest BCUT2D eigenvalue weighted by Gasteiger charge is 2.23. The van der Waals surface area contributed by atoms with E-state index in [1.165, 1.54) is 0 Å². The smallest absolute Gasteiger partial charge is 0.245 e. The Bertz CT molecular complexity index is 744. The summed E-state index contributed by atoms with van der Waals surface area (Å²) < 4.78 is 1.82. The molecule has 0 aliphatic carbocycles. The number of nitrogens with two attached hydrogens (primary N) is 1. The fourth-order valence-electron chi connectivity index (χ4n) is 2.60. The van der Waals surface area contributed by atoms with Gasteiger partial charge in [-0.25, -0.2) is 4.52 Å². The summed E-state index contributed by atoms with van der Waals surface area (Å²) in [4.78, 5) is 6.68. The average molecular weight is 269 g/mol. The quantitative estimate of drug-likeness (QED) is 0.713. The first kappa shape index (κ1) is 11.4. The van der Waals surface area contributed by atoms with Crippen LogP contribution in [0.3, 0.4) is 0 Å². The maximum absolute atomic E-state index is 5.92. The van der Waals surface area contributed by atoms with Crippen LogP contribution in [-0.2, 0) is 0 Å². The minimum absolute atomic E-state index is 0.217. The van der Waals surface area contributed by atoms with Crippen LogP contribution in [0.25, 0.3) is 16.9 Å². The van der Waals surface area contributed by atoms with Crippen LogP contribution in [0, 0.1) is 0 Å². The van der Waals surface area contributed by atoms with Crippen LogP contribution in [-0.4, -0.2) is 43.9 Å². The summed E-state index contributed by atoms with van der Waals surface area (Å²) in [7, 11) is 0. The van der Waals surface area contributed by atoms with Crippen LogP contribution in [0.2, 0.25) is 0 Å². The van der Waals surface area contributed by atoms with Crippen LogP contribution >= 0.6 is 0 Å². The number of hydrogen-bond acceptors (Lipinski definition) is 5. The van der Waals surface area contributed by atoms with Gasteiger partial charge in [-0.05, 0) is 18.6 Å². The highest BCUT2D eigenvalue weighted by atomic mass is 15.4. The number of fused-ring (bicyclic) bond motifs is 1. The predicted octanol–water partition coefficient (Wildman–Crippen LogP) is 0.657. The van der Waals surface area contributed by atoms with Crippen LogP contribution < -0.4 is 10.6 Å². The second kappa shape index (κ2) is 4.31. The van der Waals surface area contributed by atoms with Gasteiger partial charge in [0.15, 0.2) is 5.82 Å². The average Bonchev–Trinajstić information content (AvgIpc) is 3.15. The van der Waals surface area contributed by atoms with E-state index in [9.17, 15) is 0 Å². The molecule has 7 heteroatoms. The molecule has 1 fully saturated rings. The topological polar surface area (TPSA) is 88.1 Å².